The molecule has 6 heteroatoms. The van der Waals surface area contributed by atoms with E-state index in [4.69, 9.17) is 11.5 Å². The van der Waals surface area contributed by atoms with Crippen molar-refractivity contribution in [3.05, 3.63) is 24.3 Å². The van der Waals surface area contributed by atoms with Crippen LogP contribution >= 0.6 is 0 Å². The zero-order chi connectivity index (χ0) is 13.8. The molecule has 0 aliphatic rings. The van der Waals surface area contributed by atoms with Gasteiger partial charge < -0.3 is 10.0 Å². The molecule has 96 valence electrons. The molecule has 0 amide bonds. The fraction of sp³-hybridized carbons (Fsp3) is 0.250. The SMILES string of the molecule is C#CCN(CC(=O)O)c1ccccc1S(C)(=O)=O. The van der Waals surface area contributed by atoms with Crippen molar-refractivity contribution in [2.45, 2.75) is 4.90 Å². The van der Waals surface area contributed by atoms with Crippen molar-refractivity contribution in [2.75, 3.05) is 24.2 Å². The monoisotopic (exact) mass is 267 g/mol. The molecule has 0 bridgehead atoms. The van der Waals surface area contributed by atoms with Crippen molar-refractivity contribution in [3.8, 4) is 12.3 Å². The number of para-hydroxylation sites is 1. The van der Waals surface area contributed by atoms with E-state index < -0.39 is 15.8 Å². The lowest BCUT2D eigenvalue weighted by Crippen LogP contribution is -2.31. The Morgan fingerprint density at radius 2 is 2.06 bits per heavy atom. The first-order chi connectivity index (χ1) is 8.36. The normalized spacial score (nSPS) is 10.7. The molecule has 1 rings (SSSR count). The third kappa shape index (κ3) is 3.50. The van der Waals surface area contributed by atoms with Gasteiger partial charge in [0.05, 0.1) is 17.1 Å². The number of hydrogen-bond donors (Lipinski definition) is 1. The number of carboxylic acid groups (broad SMARTS) is 1. The zero-order valence-electron chi connectivity index (χ0n) is 9.83. The minimum Gasteiger partial charge on any atom is -0.480 e. The second-order valence-electron chi connectivity index (χ2n) is 3.69. The first kappa shape index (κ1) is 14.1. The van der Waals surface area contributed by atoms with E-state index in [9.17, 15) is 13.2 Å². The highest BCUT2D eigenvalue weighted by molar-refractivity contribution is 7.90. The Hall–Kier alpha value is -2.00. The third-order valence-corrected chi connectivity index (χ3v) is 3.36. The number of terminal acetylenes is 1. The number of anilines is 1. The molecule has 0 aliphatic heterocycles. The van der Waals surface area contributed by atoms with Crippen LogP contribution in [0, 0.1) is 12.3 Å². The maximum Gasteiger partial charge on any atom is 0.323 e. The summed E-state index contributed by atoms with van der Waals surface area (Å²) >= 11 is 0. The largest absolute Gasteiger partial charge is 0.480 e. The summed E-state index contributed by atoms with van der Waals surface area (Å²) in [7, 11) is -3.44. The number of rotatable bonds is 5. The highest BCUT2D eigenvalue weighted by atomic mass is 32.2. The fourth-order valence-electron chi connectivity index (χ4n) is 1.53. The topological polar surface area (TPSA) is 74.7 Å². The average molecular weight is 267 g/mol. The van der Waals surface area contributed by atoms with E-state index >= 15 is 0 Å². The first-order valence-electron chi connectivity index (χ1n) is 5.05. The van der Waals surface area contributed by atoms with Gasteiger partial charge in [0.25, 0.3) is 0 Å². The predicted octanol–water partition coefficient (Wildman–Crippen LogP) is 0.614. The van der Waals surface area contributed by atoms with Gasteiger partial charge in [0.15, 0.2) is 9.84 Å². The maximum absolute atomic E-state index is 11.6. The molecular formula is C12H13NO4S. The molecule has 18 heavy (non-hydrogen) atoms. The van der Waals surface area contributed by atoms with Crippen LogP contribution < -0.4 is 4.90 Å². The zero-order valence-corrected chi connectivity index (χ0v) is 10.6. The summed E-state index contributed by atoms with van der Waals surface area (Å²) in [6, 6.07) is 6.18. The number of sulfone groups is 1. The molecule has 0 heterocycles. The van der Waals surface area contributed by atoms with E-state index in [0.29, 0.717) is 5.69 Å². The van der Waals surface area contributed by atoms with Gasteiger partial charge in [0.2, 0.25) is 0 Å². The fourth-order valence-corrected chi connectivity index (χ4v) is 2.43. The Morgan fingerprint density at radius 3 is 2.56 bits per heavy atom. The first-order valence-corrected chi connectivity index (χ1v) is 6.94. The molecule has 0 saturated carbocycles. The molecule has 5 nitrogen and oxygen atoms in total. The smallest absolute Gasteiger partial charge is 0.323 e. The van der Waals surface area contributed by atoms with Crippen LogP contribution in [0.25, 0.3) is 0 Å². The number of hydrogen-bond acceptors (Lipinski definition) is 4. The summed E-state index contributed by atoms with van der Waals surface area (Å²) in [5.74, 6) is 1.24. The Labute approximate surface area is 106 Å². The molecule has 0 aromatic heterocycles. The summed E-state index contributed by atoms with van der Waals surface area (Å²) < 4.78 is 23.2. The van der Waals surface area contributed by atoms with Crippen LogP contribution in [0.1, 0.15) is 0 Å². The molecule has 1 aromatic rings. The van der Waals surface area contributed by atoms with Crippen molar-refractivity contribution in [1.82, 2.24) is 0 Å². The molecule has 0 saturated heterocycles. The summed E-state index contributed by atoms with van der Waals surface area (Å²) in [6.07, 6.45) is 6.24. The Kier molecular flexibility index (Phi) is 4.34. The number of carbonyl (C=O) groups is 1. The van der Waals surface area contributed by atoms with Gasteiger partial charge in [-0.25, -0.2) is 8.42 Å². The summed E-state index contributed by atoms with van der Waals surface area (Å²) in [4.78, 5) is 12.2. The molecule has 0 aliphatic carbocycles. The van der Waals surface area contributed by atoms with Crippen LogP contribution in [0.5, 0.6) is 0 Å². The van der Waals surface area contributed by atoms with Gasteiger partial charge in [-0.1, -0.05) is 18.1 Å². The number of nitrogens with zero attached hydrogens (tertiary/aromatic N) is 1. The Morgan fingerprint density at radius 1 is 1.44 bits per heavy atom. The lowest BCUT2D eigenvalue weighted by atomic mass is 10.3. The molecular weight excluding hydrogens is 254 g/mol. The lowest BCUT2D eigenvalue weighted by molar-refractivity contribution is -0.135. The molecule has 0 fully saturated rings. The van der Waals surface area contributed by atoms with E-state index in [1.165, 1.54) is 17.0 Å². The quantitative estimate of drug-likeness (QED) is 0.791. The van der Waals surface area contributed by atoms with Crippen molar-refractivity contribution in [3.63, 3.8) is 0 Å². The van der Waals surface area contributed by atoms with Gasteiger partial charge >= 0.3 is 5.97 Å². The van der Waals surface area contributed by atoms with Gasteiger partial charge in [-0.15, -0.1) is 6.42 Å². The lowest BCUT2D eigenvalue weighted by Gasteiger charge is -2.22. The van der Waals surface area contributed by atoms with Crippen molar-refractivity contribution in [2.24, 2.45) is 0 Å². The second-order valence-corrected chi connectivity index (χ2v) is 5.68. The minimum atomic E-state index is -3.44. The summed E-state index contributed by atoms with van der Waals surface area (Å²) in [6.45, 7) is -0.324. The van der Waals surface area contributed by atoms with E-state index in [1.54, 1.807) is 12.1 Å². The van der Waals surface area contributed by atoms with E-state index in [0.717, 1.165) is 6.26 Å². The third-order valence-electron chi connectivity index (χ3n) is 2.21. The van der Waals surface area contributed by atoms with Crippen LogP contribution in [0.3, 0.4) is 0 Å². The van der Waals surface area contributed by atoms with Gasteiger partial charge in [-0.05, 0) is 12.1 Å². The van der Waals surface area contributed by atoms with Gasteiger partial charge in [-0.2, -0.15) is 0 Å². The van der Waals surface area contributed by atoms with E-state index in [1.807, 2.05) is 0 Å². The maximum atomic E-state index is 11.6. The number of benzene rings is 1. The van der Waals surface area contributed by atoms with Crippen LogP contribution in [0.15, 0.2) is 29.2 Å². The van der Waals surface area contributed by atoms with Crippen molar-refractivity contribution in [1.29, 1.82) is 0 Å². The number of aliphatic carboxylic acids is 1. The molecule has 1 N–H and O–H groups in total. The second kappa shape index (κ2) is 5.56. The van der Waals surface area contributed by atoms with Gasteiger partial charge in [-0.3, -0.25) is 4.79 Å². The standard InChI is InChI=1S/C12H13NO4S/c1-3-8-13(9-12(14)15)10-6-4-5-7-11(10)18(2,16)17/h1,4-7H,8-9H2,2H3,(H,14,15). The molecule has 0 radical (unpaired) electrons. The average Bonchev–Trinajstić information content (AvgIpc) is 2.27. The van der Waals surface area contributed by atoms with Gasteiger partial charge in [0, 0.05) is 6.26 Å². The highest BCUT2D eigenvalue weighted by Crippen LogP contribution is 2.24. The van der Waals surface area contributed by atoms with Crippen LogP contribution in [-0.2, 0) is 14.6 Å². The highest BCUT2D eigenvalue weighted by Gasteiger charge is 2.18. The van der Waals surface area contributed by atoms with Crippen molar-refractivity contribution >= 4 is 21.5 Å². The van der Waals surface area contributed by atoms with Gasteiger partial charge in [0.1, 0.15) is 6.54 Å². The van der Waals surface area contributed by atoms with E-state index in [-0.39, 0.29) is 18.0 Å². The summed E-state index contributed by atoms with van der Waals surface area (Å²) in [5, 5.41) is 8.81. The minimum absolute atomic E-state index is 0.0266. The molecule has 0 unspecified atom stereocenters. The van der Waals surface area contributed by atoms with Crippen molar-refractivity contribution < 1.29 is 18.3 Å². The molecule has 1 aromatic carbocycles. The predicted molar refractivity (Wildman–Crippen MR) is 68.2 cm³/mol. The molecule has 0 atom stereocenters. The van der Waals surface area contributed by atoms with Crippen LogP contribution in [-0.4, -0.2) is 38.8 Å². The van der Waals surface area contributed by atoms with Crippen LogP contribution in [0.2, 0.25) is 0 Å². The van der Waals surface area contributed by atoms with E-state index in [2.05, 4.69) is 5.92 Å². The molecule has 0 spiro atoms. The Bertz CT molecular complexity index is 586. The Balaban J connectivity index is 3.29. The van der Waals surface area contributed by atoms with Crippen LogP contribution in [0.4, 0.5) is 5.69 Å². The summed E-state index contributed by atoms with van der Waals surface area (Å²) in [5.41, 5.74) is 0.306. The number of carboxylic acids is 1.